The van der Waals surface area contributed by atoms with E-state index in [1.165, 1.54) is 6.39 Å². The van der Waals surface area contributed by atoms with E-state index in [0.29, 0.717) is 0 Å². The summed E-state index contributed by atoms with van der Waals surface area (Å²) in [5.41, 5.74) is 0.725. The van der Waals surface area contributed by atoms with Crippen LogP contribution in [-0.2, 0) is 11.3 Å². The van der Waals surface area contributed by atoms with Crippen LogP contribution in [0.5, 0.6) is 0 Å². The molecule has 1 unspecified atom stereocenters. The molecule has 1 aromatic heterocycles. The molecule has 1 saturated heterocycles. The van der Waals surface area contributed by atoms with E-state index in [1.54, 1.807) is 0 Å². The zero-order valence-electron chi connectivity index (χ0n) is 10.6. The van der Waals surface area contributed by atoms with E-state index in [1.807, 2.05) is 20.8 Å². The molecule has 0 bridgehead atoms. The van der Waals surface area contributed by atoms with Crippen LogP contribution in [0.4, 0.5) is 0 Å². The Hall–Kier alpha value is -0.910. The fourth-order valence-electron chi connectivity index (χ4n) is 2.32. The molecule has 0 spiro atoms. The minimum atomic E-state index is -0.233. The van der Waals surface area contributed by atoms with Crippen molar-refractivity contribution in [3.63, 3.8) is 0 Å². The van der Waals surface area contributed by atoms with Crippen LogP contribution in [0.1, 0.15) is 25.3 Å². The van der Waals surface area contributed by atoms with E-state index < -0.39 is 0 Å². The molecule has 5 nitrogen and oxygen atoms in total. The average molecular weight is 240 g/mol. The minimum absolute atomic E-state index is 0.0533. The largest absolute Gasteiger partial charge is 0.448 e. The minimum Gasteiger partial charge on any atom is -0.448 e. The number of aromatic nitrogens is 1. The van der Waals surface area contributed by atoms with Crippen molar-refractivity contribution in [1.82, 2.24) is 9.88 Å². The first-order valence-corrected chi connectivity index (χ1v) is 5.90. The summed E-state index contributed by atoms with van der Waals surface area (Å²) in [6, 6.07) is 0. The standard InChI is InChI=1S/C12H20N2O3/c1-9-11(13-8-16-9)5-14-4-10(6-15)17-12(2,3)7-14/h8,10,15H,4-7H2,1-3H3. The quantitative estimate of drug-likeness (QED) is 0.852. The lowest BCUT2D eigenvalue weighted by Gasteiger charge is -2.42. The van der Waals surface area contributed by atoms with Gasteiger partial charge in [0.2, 0.25) is 0 Å². The molecule has 0 radical (unpaired) electrons. The van der Waals surface area contributed by atoms with Gasteiger partial charge in [-0.3, -0.25) is 4.90 Å². The van der Waals surface area contributed by atoms with E-state index in [2.05, 4.69) is 9.88 Å². The summed E-state index contributed by atoms with van der Waals surface area (Å²) in [5, 5.41) is 9.24. The van der Waals surface area contributed by atoms with Gasteiger partial charge in [-0.2, -0.15) is 0 Å². The third kappa shape index (κ3) is 3.06. The molecule has 2 heterocycles. The van der Waals surface area contributed by atoms with Gasteiger partial charge in [0.05, 0.1) is 24.0 Å². The van der Waals surface area contributed by atoms with Crippen molar-refractivity contribution >= 4 is 0 Å². The first kappa shape index (κ1) is 12.5. The molecular weight excluding hydrogens is 220 g/mol. The molecule has 0 aromatic carbocycles. The van der Waals surface area contributed by atoms with E-state index >= 15 is 0 Å². The molecule has 17 heavy (non-hydrogen) atoms. The number of oxazole rings is 1. The summed E-state index contributed by atoms with van der Waals surface area (Å²) in [4.78, 5) is 6.44. The van der Waals surface area contributed by atoms with Crippen molar-refractivity contribution in [1.29, 1.82) is 0 Å². The Morgan fingerprint density at radius 3 is 2.94 bits per heavy atom. The molecular formula is C12H20N2O3. The fraction of sp³-hybridized carbons (Fsp3) is 0.750. The number of nitrogens with zero attached hydrogens (tertiary/aromatic N) is 2. The maximum Gasteiger partial charge on any atom is 0.181 e. The van der Waals surface area contributed by atoms with Crippen LogP contribution in [0, 0.1) is 6.92 Å². The number of ether oxygens (including phenoxy) is 1. The number of aliphatic hydroxyl groups excluding tert-OH is 1. The number of aliphatic hydroxyl groups is 1. The fourth-order valence-corrected chi connectivity index (χ4v) is 2.32. The summed E-state index contributed by atoms with van der Waals surface area (Å²) in [7, 11) is 0. The Bertz CT molecular complexity index is 376. The van der Waals surface area contributed by atoms with Crippen molar-refractivity contribution in [3.8, 4) is 0 Å². The highest BCUT2D eigenvalue weighted by molar-refractivity contribution is 5.05. The second-order valence-electron chi connectivity index (χ2n) is 5.21. The normalized spacial score (nSPS) is 25.1. The Balaban J connectivity index is 2.03. The van der Waals surface area contributed by atoms with Crippen molar-refractivity contribution in [2.75, 3.05) is 19.7 Å². The number of hydrogen-bond donors (Lipinski definition) is 1. The number of rotatable bonds is 3. The lowest BCUT2D eigenvalue weighted by atomic mass is 10.1. The smallest absolute Gasteiger partial charge is 0.181 e. The van der Waals surface area contributed by atoms with Gasteiger partial charge >= 0.3 is 0 Å². The molecule has 0 amide bonds. The number of morpholine rings is 1. The third-order valence-electron chi connectivity index (χ3n) is 2.97. The molecule has 1 N–H and O–H groups in total. The van der Waals surface area contributed by atoms with Crippen molar-refractivity contribution in [2.24, 2.45) is 0 Å². The highest BCUT2D eigenvalue weighted by Gasteiger charge is 2.33. The topological polar surface area (TPSA) is 58.7 Å². The Labute approximate surface area is 101 Å². The van der Waals surface area contributed by atoms with Crippen molar-refractivity contribution in [2.45, 2.75) is 39.0 Å². The molecule has 0 aliphatic carbocycles. The monoisotopic (exact) mass is 240 g/mol. The second-order valence-corrected chi connectivity index (χ2v) is 5.21. The van der Waals surface area contributed by atoms with Crippen molar-refractivity contribution in [3.05, 3.63) is 17.8 Å². The van der Waals surface area contributed by atoms with Gasteiger partial charge in [0, 0.05) is 19.6 Å². The second kappa shape index (κ2) is 4.76. The van der Waals surface area contributed by atoms with Crippen LogP contribution >= 0.6 is 0 Å². The van der Waals surface area contributed by atoms with Crippen LogP contribution in [-0.4, -0.2) is 46.4 Å². The first-order valence-electron chi connectivity index (χ1n) is 5.90. The molecule has 5 heteroatoms. The highest BCUT2D eigenvalue weighted by atomic mass is 16.5. The average Bonchev–Trinajstić information content (AvgIpc) is 2.62. The number of aryl methyl sites for hydroxylation is 1. The molecule has 1 aliphatic heterocycles. The van der Waals surface area contributed by atoms with Gasteiger partial charge in [0.25, 0.3) is 0 Å². The van der Waals surface area contributed by atoms with Gasteiger partial charge in [-0.1, -0.05) is 0 Å². The summed E-state index contributed by atoms with van der Waals surface area (Å²) >= 11 is 0. The summed E-state index contributed by atoms with van der Waals surface area (Å²) in [6.45, 7) is 8.35. The van der Waals surface area contributed by atoms with Crippen molar-refractivity contribution < 1.29 is 14.3 Å². The number of hydrogen-bond acceptors (Lipinski definition) is 5. The molecule has 1 aromatic rings. The van der Waals surface area contributed by atoms with Gasteiger partial charge in [0.15, 0.2) is 6.39 Å². The van der Waals surface area contributed by atoms with Gasteiger partial charge in [-0.25, -0.2) is 4.98 Å². The summed E-state index contributed by atoms with van der Waals surface area (Å²) in [6.07, 6.45) is 1.35. The van der Waals surface area contributed by atoms with E-state index in [0.717, 1.165) is 31.1 Å². The predicted octanol–water partition coefficient (Wildman–Crippen LogP) is 0.955. The van der Waals surface area contributed by atoms with Crippen LogP contribution in [0.3, 0.4) is 0 Å². The maximum absolute atomic E-state index is 9.24. The molecule has 2 rings (SSSR count). The molecule has 1 fully saturated rings. The van der Waals surface area contributed by atoms with E-state index in [4.69, 9.17) is 9.15 Å². The molecule has 96 valence electrons. The first-order chi connectivity index (χ1) is 8.00. The maximum atomic E-state index is 9.24. The van der Waals surface area contributed by atoms with Crippen LogP contribution in [0.25, 0.3) is 0 Å². The Morgan fingerprint density at radius 1 is 1.59 bits per heavy atom. The van der Waals surface area contributed by atoms with Gasteiger partial charge in [0.1, 0.15) is 5.76 Å². The molecule has 1 aliphatic rings. The van der Waals surface area contributed by atoms with E-state index in [9.17, 15) is 5.11 Å². The SMILES string of the molecule is Cc1ocnc1CN1CC(CO)OC(C)(C)C1. The van der Waals surface area contributed by atoms with Gasteiger partial charge < -0.3 is 14.3 Å². The van der Waals surface area contributed by atoms with E-state index in [-0.39, 0.29) is 18.3 Å². The Kier molecular flexibility index (Phi) is 3.51. The third-order valence-corrected chi connectivity index (χ3v) is 2.97. The molecule has 0 saturated carbocycles. The predicted molar refractivity (Wildman–Crippen MR) is 62.6 cm³/mol. The van der Waals surface area contributed by atoms with Crippen LogP contribution in [0.15, 0.2) is 10.8 Å². The van der Waals surface area contributed by atoms with Crippen LogP contribution in [0.2, 0.25) is 0 Å². The van der Waals surface area contributed by atoms with Gasteiger partial charge in [-0.15, -0.1) is 0 Å². The summed E-state index contributed by atoms with van der Waals surface area (Å²) < 4.78 is 11.0. The zero-order valence-corrected chi connectivity index (χ0v) is 10.6. The lowest BCUT2D eigenvalue weighted by Crippen LogP contribution is -2.53. The molecule has 1 atom stereocenters. The van der Waals surface area contributed by atoms with Gasteiger partial charge in [-0.05, 0) is 20.8 Å². The summed E-state index contributed by atoms with van der Waals surface area (Å²) in [5.74, 6) is 0.856. The zero-order chi connectivity index (χ0) is 12.5. The highest BCUT2D eigenvalue weighted by Crippen LogP contribution is 2.22. The Morgan fingerprint density at radius 2 is 2.35 bits per heavy atom. The lowest BCUT2D eigenvalue weighted by molar-refractivity contribution is -0.150. The van der Waals surface area contributed by atoms with Crippen LogP contribution < -0.4 is 0 Å².